The SMILES string of the molecule is Cc1nc2ccc(C(=O)N3CCN(c4ncccn4)CC3C(=O)O)cc2[nH]1. The van der Waals surface area contributed by atoms with Gasteiger partial charge in [-0.3, -0.25) is 4.79 Å². The Hall–Kier alpha value is -3.49. The van der Waals surface area contributed by atoms with Gasteiger partial charge in [-0.15, -0.1) is 0 Å². The summed E-state index contributed by atoms with van der Waals surface area (Å²) in [5.74, 6) is -0.146. The van der Waals surface area contributed by atoms with Crippen LogP contribution in [0.1, 0.15) is 16.2 Å². The highest BCUT2D eigenvalue weighted by atomic mass is 16.4. The van der Waals surface area contributed by atoms with E-state index in [-0.39, 0.29) is 19.0 Å². The molecule has 0 spiro atoms. The lowest BCUT2D eigenvalue weighted by Crippen LogP contribution is -2.58. The van der Waals surface area contributed by atoms with Crippen LogP contribution in [0, 0.1) is 6.92 Å². The summed E-state index contributed by atoms with van der Waals surface area (Å²) in [6.07, 6.45) is 3.22. The normalized spacial score (nSPS) is 17.3. The number of hydrogen-bond donors (Lipinski definition) is 2. The molecule has 1 amide bonds. The highest BCUT2D eigenvalue weighted by Gasteiger charge is 2.36. The van der Waals surface area contributed by atoms with Gasteiger partial charge >= 0.3 is 5.97 Å². The van der Waals surface area contributed by atoms with Crippen molar-refractivity contribution in [1.82, 2.24) is 24.8 Å². The van der Waals surface area contributed by atoms with E-state index in [0.717, 1.165) is 16.9 Å². The zero-order valence-corrected chi connectivity index (χ0v) is 14.7. The minimum atomic E-state index is -1.05. The van der Waals surface area contributed by atoms with Crippen molar-refractivity contribution in [2.24, 2.45) is 0 Å². The highest BCUT2D eigenvalue weighted by molar-refractivity contribution is 5.99. The molecular weight excluding hydrogens is 348 g/mol. The molecule has 27 heavy (non-hydrogen) atoms. The number of nitrogens with one attached hydrogen (secondary N) is 1. The molecule has 1 atom stereocenters. The van der Waals surface area contributed by atoms with E-state index in [4.69, 9.17) is 0 Å². The molecule has 1 aliphatic heterocycles. The number of fused-ring (bicyclic) bond motifs is 1. The molecule has 0 bridgehead atoms. The molecule has 1 unspecified atom stereocenters. The Bertz CT molecular complexity index is 1000. The summed E-state index contributed by atoms with van der Waals surface area (Å²) < 4.78 is 0. The highest BCUT2D eigenvalue weighted by Crippen LogP contribution is 2.20. The first-order chi connectivity index (χ1) is 13.0. The number of amides is 1. The lowest BCUT2D eigenvalue weighted by Gasteiger charge is -2.39. The van der Waals surface area contributed by atoms with Gasteiger partial charge in [-0.1, -0.05) is 0 Å². The minimum absolute atomic E-state index is 0.135. The van der Waals surface area contributed by atoms with Gasteiger partial charge in [0.05, 0.1) is 17.6 Å². The Kier molecular flexibility index (Phi) is 4.19. The van der Waals surface area contributed by atoms with E-state index in [1.54, 1.807) is 41.6 Å². The molecular formula is C18H18N6O3. The van der Waals surface area contributed by atoms with Crippen molar-refractivity contribution in [1.29, 1.82) is 0 Å². The fourth-order valence-electron chi connectivity index (χ4n) is 3.31. The maximum Gasteiger partial charge on any atom is 0.328 e. The third kappa shape index (κ3) is 3.19. The molecule has 138 valence electrons. The number of H-pyrrole nitrogens is 1. The number of piperazine rings is 1. The number of aryl methyl sites for hydroxylation is 1. The maximum absolute atomic E-state index is 13.0. The van der Waals surface area contributed by atoms with Gasteiger partial charge in [-0.2, -0.15) is 0 Å². The Balaban J connectivity index is 1.59. The van der Waals surface area contributed by atoms with Gasteiger partial charge < -0.3 is 19.9 Å². The van der Waals surface area contributed by atoms with E-state index in [0.29, 0.717) is 18.1 Å². The summed E-state index contributed by atoms with van der Waals surface area (Å²) in [5, 5.41) is 9.67. The molecule has 3 aromatic rings. The van der Waals surface area contributed by atoms with Gasteiger partial charge in [0.25, 0.3) is 5.91 Å². The zero-order valence-electron chi connectivity index (χ0n) is 14.7. The van der Waals surface area contributed by atoms with E-state index in [1.165, 1.54) is 4.90 Å². The van der Waals surface area contributed by atoms with Crippen LogP contribution in [0.2, 0.25) is 0 Å². The number of aromatic nitrogens is 4. The van der Waals surface area contributed by atoms with Crippen LogP contribution >= 0.6 is 0 Å². The summed E-state index contributed by atoms with van der Waals surface area (Å²) in [7, 11) is 0. The first kappa shape index (κ1) is 17.0. The lowest BCUT2D eigenvalue weighted by atomic mass is 10.1. The van der Waals surface area contributed by atoms with Crippen molar-refractivity contribution in [3.05, 3.63) is 48.0 Å². The molecule has 1 saturated heterocycles. The van der Waals surface area contributed by atoms with E-state index >= 15 is 0 Å². The summed E-state index contributed by atoms with van der Waals surface area (Å²) in [6.45, 7) is 2.71. The maximum atomic E-state index is 13.0. The molecule has 2 N–H and O–H groups in total. The molecule has 0 radical (unpaired) electrons. The van der Waals surface area contributed by atoms with Crippen LogP contribution in [0.4, 0.5) is 5.95 Å². The Morgan fingerprint density at radius 2 is 2.00 bits per heavy atom. The van der Waals surface area contributed by atoms with Gasteiger partial charge in [0.15, 0.2) is 0 Å². The smallest absolute Gasteiger partial charge is 0.328 e. The lowest BCUT2D eigenvalue weighted by molar-refractivity contribution is -0.142. The number of carbonyl (C=O) groups excluding carboxylic acids is 1. The Morgan fingerprint density at radius 1 is 1.22 bits per heavy atom. The number of carboxylic acid groups (broad SMARTS) is 1. The summed E-state index contributed by atoms with van der Waals surface area (Å²) >= 11 is 0. The summed E-state index contributed by atoms with van der Waals surface area (Å²) in [4.78, 5) is 43.7. The number of aromatic amines is 1. The number of anilines is 1. The average Bonchev–Trinajstić information content (AvgIpc) is 3.06. The Labute approximate surface area is 154 Å². The topological polar surface area (TPSA) is 115 Å². The summed E-state index contributed by atoms with van der Waals surface area (Å²) in [6, 6.07) is 5.87. The standard InChI is InChI=1S/C18H18N6O3/c1-11-21-13-4-3-12(9-14(13)22-11)16(25)24-8-7-23(10-15(24)17(26)27)18-19-5-2-6-20-18/h2-6,9,15H,7-8,10H2,1H3,(H,21,22)(H,26,27). The van der Waals surface area contributed by atoms with Crippen LogP contribution in [0.15, 0.2) is 36.7 Å². The minimum Gasteiger partial charge on any atom is -0.480 e. The van der Waals surface area contributed by atoms with Crippen LogP contribution in [-0.2, 0) is 4.79 Å². The van der Waals surface area contributed by atoms with E-state index < -0.39 is 12.0 Å². The number of hydrogen-bond acceptors (Lipinski definition) is 6. The number of aliphatic carboxylic acids is 1. The van der Waals surface area contributed by atoms with Gasteiger partial charge in [0.1, 0.15) is 11.9 Å². The molecule has 1 aliphatic rings. The first-order valence-corrected chi connectivity index (χ1v) is 8.55. The van der Waals surface area contributed by atoms with Crippen molar-refractivity contribution in [3.63, 3.8) is 0 Å². The van der Waals surface area contributed by atoms with Crippen molar-refractivity contribution in [3.8, 4) is 0 Å². The molecule has 4 rings (SSSR count). The van der Waals surface area contributed by atoms with Crippen molar-refractivity contribution >= 4 is 28.9 Å². The van der Waals surface area contributed by atoms with E-state index in [2.05, 4.69) is 19.9 Å². The largest absolute Gasteiger partial charge is 0.480 e. The van der Waals surface area contributed by atoms with Crippen LogP contribution in [0.3, 0.4) is 0 Å². The van der Waals surface area contributed by atoms with Gasteiger partial charge in [-0.25, -0.2) is 19.7 Å². The van der Waals surface area contributed by atoms with Crippen molar-refractivity contribution in [2.45, 2.75) is 13.0 Å². The third-order valence-electron chi connectivity index (χ3n) is 4.61. The van der Waals surface area contributed by atoms with Crippen LogP contribution in [-0.4, -0.2) is 67.5 Å². The molecule has 1 aromatic carbocycles. The van der Waals surface area contributed by atoms with Crippen molar-refractivity contribution in [2.75, 3.05) is 24.5 Å². The molecule has 0 saturated carbocycles. The second-order valence-corrected chi connectivity index (χ2v) is 6.40. The van der Waals surface area contributed by atoms with E-state index in [1.807, 2.05) is 6.92 Å². The van der Waals surface area contributed by atoms with Crippen molar-refractivity contribution < 1.29 is 14.7 Å². The monoisotopic (exact) mass is 366 g/mol. The number of benzene rings is 1. The number of imidazole rings is 1. The van der Waals surface area contributed by atoms with Crippen LogP contribution in [0.25, 0.3) is 11.0 Å². The first-order valence-electron chi connectivity index (χ1n) is 8.55. The molecule has 3 heterocycles. The number of rotatable bonds is 3. The van der Waals surface area contributed by atoms with Gasteiger partial charge in [0.2, 0.25) is 5.95 Å². The second kappa shape index (κ2) is 6.67. The summed E-state index contributed by atoms with van der Waals surface area (Å²) in [5.41, 5.74) is 1.95. The molecule has 9 nitrogen and oxygen atoms in total. The molecule has 1 fully saturated rings. The fourth-order valence-corrected chi connectivity index (χ4v) is 3.31. The number of carboxylic acids is 1. The quantitative estimate of drug-likeness (QED) is 0.712. The number of nitrogens with zero attached hydrogens (tertiary/aromatic N) is 5. The number of carbonyl (C=O) groups is 2. The third-order valence-corrected chi connectivity index (χ3v) is 4.61. The molecule has 2 aromatic heterocycles. The molecule has 0 aliphatic carbocycles. The predicted octanol–water partition coefficient (Wildman–Crippen LogP) is 1.08. The van der Waals surface area contributed by atoms with E-state index in [9.17, 15) is 14.7 Å². The van der Waals surface area contributed by atoms with Gasteiger partial charge in [0, 0.05) is 31.0 Å². The van der Waals surface area contributed by atoms with Crippen LogP contribution < -0.4 is 4.90 Å². The molecule has 9 heteroatoms. The average molecular weight is 366 g/mol. The van der Waals surface area contributed by atoms with Crippen LogP contribution in [0.5, 0.6) is 0 Å². The van der Waals surface area contributed by atoms with Gasteiger partial charge in [-0.05, 0) is 31.2 Å². The zero-order chi connectivity index (χ0) is 19.0. The fraction of sp³-hybridized carbons (Fsp3) is 0.278. The Morgan fingerprint density at radius 3 is 2.74 bits per heavy atom. The predicted molar refractivity (Wildman–Crippen MR) is 97.5 cm³/mol. The second-order valence-electron chi connectivity index (χ2n) is 6.40.